The Morgan fingerprint density at radius 2 is 1.67 bits per heavy atom. The molecule has 0 aliphatic heterocycles. The number of H-pyrrole nitrogens is 1. The molecule has 1 N–H and O–H groups in total. The molecule has 2 aromatic carbocycles. The molecule has 2 heterocycles. The number of aromatic nitrogens is 3. The molecule has 4 heteroatoms. The second-order valence-corrected chi connectivity index (χ2v) is 5.15. The lowest BCUT2D eigenvalue weighted by Crippen LogP contribution is -2.19. The third-order valence-electron chi connectivity index (χ3n) is 3.79. The highest BCUT2D eigenvalue weighted by Crippen LogP contribution is 2.23. The van der Waals surface area contributed by atoms with Gasteiger partial charge in [0.2, 0.25) is 0 Å². The molecule has 0 unspecified atom stereocenters. The van der Waals surface area contributed by atoms with Crippen LogP contribution in [-0.2, 0) is 0 Å². The maximum Gasteiger partial charge on any atom is 0.264 e. The molecule has 0 bridgehead atoms. The van der Waals surface area contributed by atoms with Crippen molar-refractivity contribution in [1.29, 1.82) is 0 Å². The molecule has 4 nitrogen and oxygen atoms in total. The lowest BCUT2D eigenvalue weighted by Gasteiger charge is -2.10. The van der Waals surface area contributed by atoms with Crippen LogP contribution in [0.15, 0.2) is 59.5 Å². The summed E-state index contributed by atoms with van der Waals surface area (Å²) in [6, 6.07) is 15.5. The van der Waals surface area contributed by atoms with Gasteiger partial charge in [-0.05, 0) is 30.5 Å². The van der Waals surface area contributed by atoms with E-state index in [1.807, 2.05) is 55.5 Å². The van der Waals surface area contributed by atoms with Crippen molar-refractivity contribution in [3.63, 3.8) is 0 Å². The minimum absolute atomic E-state index is 0.0359. The number of rotatable bonds is 1. The fourth-order valence-electron chi connectivity index (χ4n) is 2.71. The van der Waals surface area contributed by atoms with Crippen LogP contribution < -0.4 is 5.56 Å². The van der Waals surface area contributed by atoms with Crippen LogP contribution in [0.5, 0.6) is 0 Å². The maximum absolute atomic E-state index is 12.8. The van der Waals surface area contributed by atoms with Crippen LogP contribution in [0.2, 0.25) is 0 Å². The topological polar surface area (TPSA) is 50.7 Å². The molecule has 21 heavy (non-hydrogen) atoms. The summed E-state index contributed by atoms with van der Waals surface area (Å²) >= 11 is 0. The van der Waals surface area contributed by atoms with Gasteiger partial charge in [-0.2, -0.15) is 5.10 Å². The molecule has 2 aromatic heterocycles. The number of hydrogen-bond donors (Lipinski definition) is 1. The second kappa shape index (κ2) is 4.31. The molecule has 0 saturated heterocycles. The minimum atomic E-state index is -0.0359. The Labute approximate surface area is 120 Å². The zero-order valence-electron chi connectivity index (χ0n) is 11.5. The van der Waals surface area contributed by atoms with Crippen LogP contribution in [0.1, 0.15) is 5.56 Å². The van der Waals surface area contributed by atoms with E-state index in [-0.39, 0.29) is 5.56 Å². The molecule has 0 amide bonds. The minimum Gasteiger partial charge on any atom is -0.268 e. The van der Waals surface area contributed by atoms with E-state index in [0.29, 0.717) is 5.39 Å². The number of fused-ring (bicyclic) bond motifs is 3. The first kappa shape index (κ1) is 11.9. The number of pyridine rings is 1. The molecule has 0 fully saturated rings. The summed E-state index contributed by atoms with van der Waals surface area (Å²) < 4.78 is 1.68. The summed E-state index contributed by atoms with van der Waals surface area (Å²) in [6.45, 7) is 2.03. The van der Waals surface area contributed by atoms with Gasteiger partial charge in [-0.3, -0.25) is 14.5 Å². The zero-order chi connectivity index (χ0) is 14.4. The van der Waals surface area contributed by atoms with Crippen LogP contribution in [0.3, 0.4) is 0 Å². The third-order valence-corrected chi connectivity index (χ3v) is 3.79. The van der Waals surface area contributed by atoms with Crippen molar-refractivity contribution in [1.82, 2.24) is 14.8 Å². The maximum atomic E-state index is 12.8. The highest BCUT2D eigenvalue weighted by Gasteiger charge is 2.12. The average Bonchev–Trinajstić information content (AvgIpc) is 2.99. The SMILES string of the molecule is Cc1ccc(-n2c(=O)c3ccccc3c3cn[nH]c32)cc1. The molecule has 0 atom stereocenters. The smallest absolute Gasteiger partial charge is 0.264 e. The molecule has 4 rings (SSSR count). The van der Waals surface area contributed by atoms with E-state index in [1.54, 1.807) is 10.8 Å². The summed E-state index contributed by atoms with van der Waals surface area (Å²) in [7, 11) is 0. The Bertz CT molecular complexity index is 1010. The number of nitrogens with zero attached hydrogens (tertiary/aromatic N) is 2. The lowest BCUT2D eigenvalue weighted by molar-refractivity contribution is 0.998. The predicted molar refractivity (Wildman–Crippen MR) is 83.9 cm³/mol. The van der Waals surface area contributed by atoms with Gasteiger partial charge in [-0.25, -0.2) is 0 Å². The van der Waals surface area contributed by atoms with Crippen molar-refractivity contribution >= 4 is 21.8 Å². The largest absolute Gasteiger partial charge is 0.268 e. The van der Waals surface area contributed by atoms with Crippen LogP contribution in [0.25, 0.3) is 27.5 Å². The van der Waals surface area contributed by atoms with E-state index in [9.17, 15) is 4.79 Å². The summed E-state index contributed by atoms with van der Waals surface area (Å²) in [5.74, 6) is 0. The van der Waals surface area contributed by atoms with Crippen LogP contribution >= 0.6 is 0 Å². The summed E-state index contributed by atoms with van der Waals surface area (Å²) in [5.41, 5.74) is 2.69. The molecule has 0 radical (unpaired) electrons. The molecule has 4 aromatic rings. The lowest BCUT2D eigenvalue weighted by atomic mass is 10.1. The van der Waals surface area contributed by atoms with Gasteiger partial charge in [0.05, 0.1) is 11.9 Å². The quantitative estimate of drug-likeness (QED) is 0.580. The molecule has 0 aliphatic carbocycles. The van der Waals surface area contributed by atoms with Gasteiger partial charge in [0, 0.05) is 10.8 Å². The van der Waals surface area contributed by atoms with Crippen molar-refractivity contribution in [2.75, 3.05) is 0 Å². The Kier molecular flexibility index (Phi) is 2.44. The monoisotopic (exact) mass is 275 g/mol. The Morgan fingerprint density at radius 3 is 2.43 bits per heavy atom. The van der Waals surface area contributed by atoms with Crippen molar-refractivity contribution in [2.45, 2.75) is 6.92 Å². The molecular weight excluding hydrogens is 262 g/mol. The van der Waals surface area contributed by atoms with Gasteiger partial charge in [0.15, 0.2) is 0 Å². The number of benzene rings is 2. The average molecular weight is 275 g/mol. The van der Waals surface area contributed by atoms with E-state index in [0.717, 1.165) is 27.7 Å². The van der Waals surface area contributed by atoms with Gasteiger partial charge in [0.25, 0.3) is 5.56 Å². The summed E-state index contributed by atoms with van der Waals surface area (Å²) in [6.07, 6.45) is 1.77. The predicted octanol–water partition coefficient (Wildman–Crippen LogP) is 3.18. The summed E-state index contributed by atoms with van der Waals surface area (Å²) in [5, 5.41) is 9.63. The van der Waals surface area contributed by atoms with Crippen LogP contribution in [0, 0.1) is 6.92 Å². The molecule has 0 aliphatic rings. The van der Waals surface area contributed by atoms with E-state index in [2.05, 4.69) is 10.2 Å². The number of aromatic amines is 1. The molecule has 0 saturated carbocycles. The first-order valence-electron chi connectivity index (χ1n) is 6.79. The fraction of sp³-hybridized carbons (Fsp3) is 0.0588. The number of nitrogens with one attached hydrogen (secondary N) is 1. The summed E-state index contributed by atoms with van der Waals surface area (Å²) in [4.78, 5) is 12.8. The Balaban J connectivity index is 2.21. The highest BCUT2D eigenvalue weighted by atomic mass is 16.1. The van der Waals surface area contributed by atoms with E-state index < -0.39 is 0 Å². The van der Waals surface area contributed by atoms with Crippen LogP contribution in [0.4, 0.5) is 0 Å². The van der Waals surface area contributed by atoms with Gasteiger partial charge < -0.3 is 0 Å². The number of aryl methyl sites for hydroxylation is 1. The Hall–Kier alpha value is -2.88. The highest BCUT2D eigenvalue weighted by molar-refractivity contribution is 6.04. The van der Waals surface area contributed by atoms with Gasteiger partial charge in [-0.15, -0.1) is 0 Å². The van der Waals surface area contributed by atoms with Crippen molar-refractivity contribution in [2.24, 2.45) is 0 Å². The van der Waals surface area contributed by atoms with Gasteiger partial charge in [0.1, 0.15) is 5.65 Å². The van der Waals surface area contributed by atoms with E-state index in [4.69, 9.17) is 0 Å². The normalized spacial score (nSPS) is 11.3. The van der Waals surface area contributed by atoms with Crippen molar-refractivity contribution < 1.29 is 0 Å². The van der Waals surface area contributed by atoms with E-state index >= 15 is 0 Å². The molecule has 102 valence electrons. The number of hydrogen-bond acceptors (Lipinski definition) is 2. The second-order valence-electron chi connectivity index (χ2n) is 5.15. The Morgan fingerprint density at radius 1 is 0.952 bits per heavy atom. The van der Waals surface area contributed by atoms with Crippen molar-refractivity contribution in [3.05, 3.63) is 70.6 Å². The van der Waals surface area contributed by atoms with Gasteiger partial charge >= 0.3 is 0 Å². The fourth-order valence-corrected chi connectivity index (χ4v) is 2.71. The molecular formula is C17H13N3O. The van der Waals surface area contributed by atoms with Crippen LogP contribution in [-0.4, -0.2) is 14.8 Å². The first-order chi connectivity index (χ1) is 10.3. The van der Waals surface area contributed by atoms with Gasteiger partial charge in [-0.1, -0.05) is 35.9 Å². The zero-order valence-corrected chi connectivity index (χ0v) is 11.5. The van der Waals surface area contributed by atoms with E-state index in [1.165, 1.54) is 0 Å². The third kappa shape index (κ3) is 1.69. The molecule has 0 spiro atoms. The first-order valence-corrected chi connectivity index (χ1v) is 6.79. The standard InChI is InChI=1S/C17H13N3O/c1-11-6-8-12(9-7-11)20-16-15(10-18-19-16)13-4-2-3-5-14(13)17(20)21/h2-10H,1H3,(H,18,19). The van der Waals surface area contributed by atoms with Crippen molar-refractivity contribution in [3.8, 4) is 5.69 Å².